The van der Waals surface area contributed by atoms with Crippen LogP contribution in [0.25, 0.3) is 0 Å². The van der Waals surface area contributed by atoms with E-state index in [9.17, 15) is 9.59 Å². The Kier molecular flexibility index (Phi) is 9.32. The van der Waals surface area contributed by atoms with Gasteiger partial charge in [-0.3, -0.25) is 9.59 Å². The number of pyridine rings is 2. The maximum absolute atomic E-state index is 12.6. The fraction of sp³-hybridized carbons (Fsp3) is 0.429. The van der Waals surface area contributed by atoms with Gasteiger partial charge in [0.1, 0.15) is 21.7 Å². The van der Waals surface area contributed by atoms with E-state index in [0.717, 1.165) is 47.3 Å². The Balaban J connectivity index is 1.14. The van der Waals surface area contributed by atoms with Crippen molar-refractivity contribution in [2.24, 2.45) is 0 Å². The van der Waals surface area contributed by atoms with Crippen LogP contribution in [-0.2, 0) is 22.4 Å². The molecule has 0 spiro atoms. The minimum atomic E-state index is -0.174. The number of hydrogen-bond acceptors (Lipinski definition) is 12. The van der Waals surface area contributed by atoms with Gasteiger partial charge >= 0.3 is 0 Å². The lowest BCUT2D eigenvalue weighted by Gasteiger charge is -2.25. The van der Waals surface area contributed by atoms with Gasteiger partial charge < -0.3 is 20.4 Å². The standard InChI is InChI=1S/C28H34N10O2S2/c1-37(2)21-12-6-10-19(29-21)15-23(39)31-27-35-33-25(41-27)17-8-5-9-18(14-17)26-34-36-28(42-26)32-24(40)16-20-11-7-13-22(30-20)38(3)4/h6-7,10-13,17-18H,5,8-9,14-16H2,1-4H3,(H,31,35,39)(H,32,36,40). The molecule has 0 aliphatic heterocycles. The van der Waals surface area contributed by atoms with Crippen LogP contribution < -0.4 is 20.4 Å². The number of rotatable bonds is 10. The highest BCUT2D eigenvalue weighted by Gasteiger charge is 2.29. The third-order valence-corrected chi connectivity index (χ3v) is 8.93. The Morgan fingerprint density at radius 3 is 1.62 bits per heavy atom. The van der Waals surface area contributed by atoms with Crippen LogP contribution in [0.4, 0.5) is 21.9 Å². The molecule has 1 aliphatic rings. The zero-order chi connectivity index (χ0) is 29.6. The average Bonchev–Trinajstić information content (AvgIpc) is 3.63. The van der Waals surface area contributed by atoms with Gasteiger partial charge in [0, 0.05) is 40.0 Å². The van der Waals surface area contributed by atoms with Crippen molar-refractivity contribution >= 4 is 56.4 Å². The summed E-state index contributed by atoms with van der Waals surface area (Å²) in [5.74, 6) is 1.71. The number of anilines is 4. The SMILES string of the molecule is CN(C)c1cccc(CC(=O)Nc2nnc(C3CCCC(c4nnc(NC(=O)Cc5cccc(N(C)C)n5)s4)C3)s2)n1. The second-order valence-corrected chi connectivity index (χ2v) is 12.7. The summed E-state index contributed by atoms with van der Waals surface area (Å²) >= 11 is 2.84. The third-order valence-electron chi connectivity index (χ3n) is 6.93. The number of nitrogens with one attached hydrogen (secondary N) is 2. The molecule has 4 aromatic heterocycles. The van der Waals surface area contributed by atoms with Crippen LogP contribution in [0.2, 0.25) is 0 Å². The molecule has 14 heteroatoms. The van der Waals surface area contributed by atoms with E-state index in [1.807, 2.05) is 74.4 Å². The number of amides is 2. The van der Waals surface area contributed by atoms with E-state index in [4.69, 9.17) is 0 Å². The minimum Gasteiger partial charge on any atom is -0.363 e. The molecule has 4 heterocycles. The van der Waals surface area contributed by atoms with Crippen molar-refractivity contribution in [3.05, 3.63) is 57.8 Å². The van der Waals surface area contributed by atoms with Crippen LogP contribution in [-0.4, -0.2) is 70.4 Å². The van der Waals surface area contributed by atoms with Crippen molar-refractivity contribution in [1.82, 2.24) is 30.4 Å². The molecule has 2 N–H and O–H groups in total. The Bertz CT molecular complexity index is 1420. The molecule has 2 amide bonds. The zero-order valence-electron chi connectivity index (χ0n) is 24.1. The molecular weight excluding hydrogens is 573 g/mol. The average molecular weight is 607 g/mol. The topological polar surface area (TPSA) is 142 Å². The summed E-state index contributed by atoms with van der Waals surface area (Å²) < 4.78 is 0. The van der Waals surface area contributed by atoms with Crippen molar-refractivity contribution in [3.8, 4) is 0 Å². The largest absolute Gasteiger partial charge is 0.363 e. The van der Waals surface area contributed by atoms with E-state index in [1.54, 1.807) is 0 Å². The molecule has 4 aromatic rings. The third kappa shape index (κ3) is 7.62. The van der Waals surface area contributed by atoms with E-state index in [1.165, 1.54) is 22.7 Å². The second kappa shape index (κ2) is 13.3. The molecule has 42 heavy (non-hydrogen) atoms. The fourth-order valence-electron chi connectivity index (χ4n) is 4.82. The van der Waals surface area contributed by atoms with Gasteiger partial charge in [-0.1, -0.05) is 41.2 Å². The Labute approximate surface area is 252 Å². The molecule has 1 saturated carbocycles. The number of aromatic nitrogens is 6. The van der Waals surface area contributed by atoms with Gasteiger partial charge in [0.2, 0.25) is 22.1 Å². The molecule has 1 fully saturated rings. The van der Waals surface area contributed by atoms with Gasteiger partial charge in [0.05, 0.1) is 24.2 Å². The molecule has 0 saturated heterocycles. The van der Waals surface area contributed by atoms with Gasteiger partial charge in [0.15, 0.2) is 0 Å². The van der Waals surface area contributed by atoms with Crippen molar-refractivity contribution in [3.63, 3.8) is 0 Å². The van der Waals surface area contributed by atoms with Crippen LogP contribution in [0, 0.1) is 0 Å². The maximum Gasteiger partial charge on any atom is 0.232 e. The summed E-state index contributed by atoms with van der Waals surface area (Å²) in [5, 5.41) is 25.8. The van der Waals surface area contributed by atoms with Crippen LogP contribution in [0.5, 0.6) is 0 Å². The quantitative estimate of drug-likeness (QED) is 0.271. The van der Waals surface area contributed by atoms with Crippen molar-refractivity contribution < 1.29 is 9.59 Å². The van der Waals surface area contributed by atoms with Crippen molar-refractivity contribution in [2.45, 2.75) is 50.4 Å². The smallest absolute Gasteiger partial charge is 0.232 e. The van der Waals surface area contributed by atoms with Gasteiger partial charge in [-0.15, -0.1) is 20.4 Å². The number of nitrogens with zero attached hydrogens (tertiary/aromatic N) is 8. The lowest BCUT2D eigenvalue weighted by molar-refractivity contribution is -0.116. The molecule has 2 unspecified atom stereocenters. The number of carbonyl (C=O) groups excluding carboxylic acids is 2. The van der Waals surface area contributed by atoms with E-state index in [-0.39, 0.29) is 36.5 Å². The first-order chi connectivity index (χ1) is 20.2. The van der Waals surface area contributed by atoms with Crippen LogP contribution in [0.3, 0.4) is 0 Å². The monoisotopic (exact) mass is 606 g/mol. The summed E-state index contributed by atoms with van der Waals surface area (Å²) in [7, 11) is 7.66. The van der Waals surface area contributed by atoms with Gasteiger partial charge in [-0.2, -0.15) is 0 Å². The first-order valence-electron chi connectivity index (χ1n) is 13.8. The van der Waals surface area contributed by atoms with Crippen LogP contribution >= 0.6 is 22.7 Å². The second-order valence-electron chi connectivity index (χ2n) is 10.7. The molecule has 220 valence electrons. The minimum absolute atomic E-state index is 0.164. The van der Waals surface area contributed by atoms with E-state index in [2.05, 4.69) is 41.0 Å². The first kappa shape index (κ1) is 29.5. The number of carbonyl (C=O) groups is 2. The summed E-state index contributed by atoms with van der Waals surface area (Å²) in [6.45, 7) is 0. The van der Waals surface area contributed by atoms with Crippen LogP contribution in [0.15, 0.2) is 36.4 Å². The molecule has 2 atom stereocenters. The van der Waals surface area contributed by atoms with Crippen molar-refractivity contribution in [1.29, 1.82) is 0 Å². The van der Waals surface area contributed by atoms with E-state index >= 15 is 0 Å². The molecule has 0 aromatic carbocycles. The number of hydrogen-bond donors (Lipinski definition) is 2. The molecular formula is C28H34N10O2S2. The highest BCUT2D eigenvalue weighted by molar-refractivity contribution is 7.15. The highest BCUT2D eigenvalue weighted by atomic mass is 32.1. The predicted molar refractivity (Wildman–Crippen MR) is 166 cm³/mol. The lowest BCUT2D eigenvalue weighted by Crippen LogP contribution is -2.16. The van der Waals surface area contributed by atoms with Gasteiger partial charge in [0.25, 0.3) is 0 Å². The zero-order valence-corrected chi connectivity index (χ0v) is 25.7. The molecule has 12 nitrogen and oxygen atoms in total. The maximum atomic E-state index is 12.6. The fourth-order valence-corrected chi connectivity index (χ4v) is 6.64. The van der Waals surface area contributed by atoms with Crippen LogP contribution in [0.1, 0.15) is 58.9 Å². The predicted octanol–water partition coefficient (Wildman–Crippen LogP) is 4.12. The van der Waals surface area contributed by atoms with Gasteiger partial charge in [-0.25, -0.2) is 9.97 Å². The lowest BCUT2D eigenvalue weighted by atomic mass is 9.82. The Morgan fingerprint density at radius 1 is 0.738 bits per heavy atom. The summed E-state index contributed by atoms with van der Waals surface area (Å²) in [6, 6.07) is 11.3. The summed E-state index contributed by atoms with van der Waals surface area (Å²) in [5.41, 5.74) is 1.39. The molecule has 0 radical (unpaired) electrons. The van der Waals surface area contributed by atoms with Crippen molar-refractivity contribution in [2.75, 3.05) is 48.6 Å². The Hall–Kier alpha value is -4.04. The first-order valence-corrected chi connectivity index (χ1v) is 15.4. The molecule has 0 bridgehead atoms. The molecule has 5 rings (SSSR count). The summed E-state index contributed by atoms with van der Waals surface area (Å²) in [4.78, 5) is 38.1. The van der Waals surface area contributed by atoms with E-state index in [0.29, 0.717) is 21.7 Å². The normalized spacial score (nSPS) is 16.6. The Morgan fingerprint density at radius 2 is 1.19 bits per heavy atom. The highest BCUT2D eigenvalue weighted by Crippen LogP contribution is 2.43. The summed E-state index contributed by atoms with van der Waals surface area (Å²) in [6.07, 6.45) is 4.23. The van der Waals surface area contributed by atoms with E-state index < -0.39 is 0 Å². The molecule has 1 aliphatic carbocycles. The van der Waals surface area contributed by atoms with Gasteiger partial charge in [-0.05, 0) is 43.5 Å².